The zero-order chi connectivity index (χ0) is 16.7. The van der Waals surface area contributed by atoms with Crippen LogP contribution in [0.25, 0.3) is 0 Å². The van der Waals surface area contributed by atoms with Crippen LogP contribution in [0.3, 0.4) is 0 Å². The molecule has 1 N–H and O–H groups in total. The predicted octanol–water partition coefficient (Wildman–Crippen LogP) is 3.37. The molecule has 0 aromatic heterocycles. The van der Waals surface area contributed by atoms with Crippen molar-refractivity contribution in [1.29, 1.82) is 0 Å². The van der Waals surface area contributed by atoms with Crippen molar-refractivity contribution in [2.75, 3.05) is 0 Å². The third-order valence-electron chi connectivity index (χ3n) is 3.83. The van der Waals surface area contributed by atoms with Crippen molar-refractivity contribution < 1.29 is 9.63 Å². The van der Waals surface area contributed by atoms with E-state index in [-0.39, 0.29) is 5.91 Å². The Morgan fingerprint density at radius 2 is 1.58 bits per heavy atom. The molecule has 0 aliphatic carbocycles. The Morgan fingerprint density at radius 1 is 0.958 bits per heavy atom. The number of fused-ring (bicyclic) bond motifs is 1. The minimum absolute atomic E-state index is 0.271. The molecule has 0 saturated carbocycles. The van der Waals surface area contributed by atoms with Crippen molar-refractivity contribution in [2.24, 2.45) is 10.1 Å². The van der Waals surface area contributed by atoms with E-state index in [0.29, 0.717) is 21.5 Å². The first-order chi connectivity index (χ1) is 11.6. The molecule has 24 heavy (non-hydrogen) atoms. The van der Waals surface area contributed by atoms with Gasteiger partial charge in [-0.1, -0.05) is 52.6 Å². The highest BCUT2D eigenvalue weighted by molar-refractivity contribution is 6.53. The number of halogens is 2. The fourth-order valence-corrected chi connectivity index (χ4v) is 2.87. The van der Waals surface area contributed by atoms with Gasteiger partial charge in [0.1, 0.15) is 17.6 Å². The second-order valence-electron chi connectivity index (χ2n) is 5.41. The Hall–Kier alpha value is -2.37. The summed E-state index contributed by atoms with van der Waals surface area (Å²) in [4.78, 5) is 22.2. The summed E-state index contributed by atoms with van der Waals surface area (Å²) >= 11 is 11.8. The molecule has 4 rings (SSSR count). The second-order valence-corrected chi connectivity index (χ2v) is 6.28. The first kappa shape index (κ1) is 15.2. The molecule has 2 aromatic carbocycles. The number of amides is 1. The fourth-order valence-electron chi connectivity index (χ4n) is 2.62. The maximum atomic E-state index is 12.3. The van der Waals surface area contributed by atoms with E-state index in [1.165, 1.54) is 0 Å². The van der Waals surface area contributed by atoms with Gasteiger partial charge in [0, 0.05) is 15.6 Å². The number of benzene rings is 2. The molecular formula is C17H11Cl2N3O2. The molecule has 120 valence electrons. The molecular weight excluding hydrogens is 349 g/mol. The molecule has 5 nitrogen and oxygen atoms in total. The lowest BCUT2D eigenvalue weighted by Crippen LogP contribution is -2.46. The molecule has 2 heterocycles. The molecule has 0 fully saturated rings. The minimum Gasteiger partial charge on any atom is -0.375 e. The highest BCUT2D eigenvalue weighted by atomic mass is 35.5. The van der Waals surface area contributed by atoms with E-state index in [1.54, 1.807) is 24.3 Å². The van der Waals surface area contributed by atoms with Crippen LogP contribution < -0.4 is 5.32 Å². The maximum Gasteiger partial charge on any atom is 0.272 e. The SMILES string of the molecule is O=C1NC(c2ccc(Cl)cc2)N=C2C(c3ccc(Cl)cc3)=NOC12. The molecule has 2 aliphatic heterocycles. The van der Waals surface area contributed by atoms with Gasteiger partial charge in [-0.3, -0.25) is 9.79 Å². The average molecular weight is 360 g/mol. The lowest BCUT2D eigenvalue weighted by molar-refractivity contribution is -0.129. The number of oxime groups is 1. The van der Waals surface area contributed by atoms with Crippen LogP contribution in [0.15, 0.2) is 58.7 Å². The van der Waals surface area contributed by atoms with Gasteiger partial charge < -0.3 is 10.2 Å². The van der Waals surface area contributed by atoms with E-state index in [9.17, 15) is 4.79 Å². The zero-order valence-electron chi connectivity index (χ0n) is 12.2. The van der Waals surface area contributed by atoms with Crippen LogP contribution in [0.2, 0.25) is 10.0 Å². The van der Waals surface area contributed by atoms with Crippen molar-refractivity contribution in [3.05, 3.63) is 69.7 Å². The van der Waals surface area contributed by atoms with Gasteiger partial charge in [0.25, 0.3) is 5.91 Å². The van der Waals surface area contributed by atoms with Crippen molar-refractivity contribution >= 4 is 40.5 Å². The normalized spacial score (nSPS) is 22.2. The summed E-state index contributed by atoms with van der Waals surface area (Å²) < 4.78 is 0. The van der Waals surface area contributed by atoms with Gasteiger partial charge in [0.05, 0.1) is 0 Å². The largest absolute Gasteiger partial charge is 0.375 e. The molecule has 2 atom stereocenters. The highest BCUT2D eigenvalue weighted by Gasteiger charge is 2.41. The molecule has 2 aliphatic rings. The van der Waals surface area contributed by atoms with Gasteiger partial charge in [0.2, 0.25) is 6.10 Å². The summed E-state index contributed by atoms with van der Waals surface area (Å²) in [5, 5.41) is 8.10. The van der Waals surface area contributed by atoms with Crippen molar-refractivity contribution in [1.82, 2.24) is 5.32 Å². The van der Waals surface area contributed by atoms with E-state index >= 15 is 0 Å². The van der Waals surface area contributed by atoms with E-state index in [2.05, 4.69) is 15.5 Å². The van der Waals surface area contributed by atoms with Crippen LogP contribution in [0.4, 0.5) is 0 Å². The van der Waals surface area contributed by atoms with Crippen LogP contribution in [0.1, 0.15) is 17.3 Å². The molecule has 0 saturated heterocycles. The molecule has 2 aromatic rings. The number of aliphatic imine (C=N–C) groups is 1. The van der Waals surface area contributed by atoms with Crippen LogP contribution >= 0.6 is 23.2 Å². The number of nitrogens with one attached hydrogen (secondary N) is 1. The van der Waals surface area contributed by atoms with E-state index in [4.69, 9.17) is 28.0 Å². The number of carbonyl (C=O) groups is 1. The minimum atomic E-state index is -0.820. The summed E-state index contributed by atoms with van der Waals surface area (Å²) in [7, 11) is 0. The summed E-state index contributed by atoms with van der Waals surface area (Å²) in [6, 6.07) is 14.3. The Balaban J connectivity index is 1.72. The van der Waals surface area contributed by atoms with Crippen LogP contribution in [0, 0.1) is 0 Å². The van der Waals surface area contributed by atoms with Gasteiger partial charge >= 0.3 is 0 Å². The van der Waals surface area contributed by atoms with Crippen LogP contribution in [0.5, 0.6) is 0 Å². The number of hydrogen-bond donors (Lipinski definition) is 1. The Bertz CT molecular complexity index is 860. The van der Waals surface area contributed by atoms with E-state index < -0.39 is 12.3 Å². The van der Waals surface area contributed by atoms with Crippen molar-refractivity contribution in [3.8, 4) is 0 Å². The van der Waals surface area contributed by atoms with E-state index in [1.807, 2.05) is 24.3 Å². The van der Waals surface area contributed by atoms with Gasteiger partial charge in [-0.2, -0.15) is 0 Å². The number of carbonyl (C=O) groups excluding carboxylic acids is 1. The van der Waals surface area contributed by atoms with Gasteiger partial charge in [-0.05, 0) is 29.8 Å². The monoisotopic (exact) mass is 359 g/mol. The first-order valence-electron chi connectivity index (χ1n) is 7.25. The topological polar surface area (TPSA) is 63.0 Å². The quantitative estimate of drug-likeness (QED) is 0.893. The average Bonchev–Trinajstić information content (AvgIpc) is 3.01. The van der Waals surface area contributed by atoms with Gasteiger partial charge in [-0.25, -0.2) is 0 Å². The smallest absolute Gasteiger partial charge is 0.272 e. The predicted molar refractivity (Wildman–Crippen MR) is 92.6 cm³/mol. The molecule has 0 radical (unpaired) electrons. The summed E-state index contributed by atoms with van der Waals surface area (Å²) in [6.45, 7) is 0. The summed E-state index contributed by atoms with van der Waals surface area (Å²) in [5.41, 5.74) is 2.69. The molecule has 0 spiro atoms. The lowest BCUT2D eigenvalue weighted by Gasteiger charge is -2.23. The fraction of sp³-hybridized carbons (Fsp3) is 0.118. The zero-order valence-corrected chi connectivity index (χ0v) is 13.8. The van der Waals surface area contributed by atoms with Crippen molar-refractivity contribution in [3.63, 3.8) is 0 Å². The highest BCUT2D eigenvalue weighted by Crippen LogP contribution is 2.26. The van der Waals surface area contributed by atoms with Crippen LogP contribution in [-0.4, -0.2) is 23.4 Å². The summed E-state index contributed by atoms with van der Waals surface area (Å²) in [5.74, 6) is -0.271. The van der Waals surface area contributed by atoms with Crippen molar-refractivity contribution in [2.45, 2.75) is 12.3 Å². The third-order valence-corrected chi connectivity index (χ3v) is 4.33. The van der Waals surface area contributed by atoms with Crippen LogP contribution in [-0.2, 0) is 9.63 Å². The van der Waals surface area contributed by atoms with Gasteiger partial charge in [0.15, 0.2) is 0 Å². The molecule has 7 heteroatoms. The summed E-state index contributed by atoms with van der Waals surface area (Å²) in [6.07, 6.45) is -1.32. The second kappa shape index (κ2) is 5.92. The first-order valence-corrected chi connectivity index (χ1v) is 8.01. The number of hydrogen-bond acceptors (Lipinski definition) is 4. The Morgan fingerprint density at radius 3 is 2.25 bits per heavy atom. The molecule has 0 bridgehead atoms. The number of nitrogens with zero attached hydrogens (tertiary/aromatic N) is 2. The van der Waals surface area contributed by atoms with Gasteiger partial charge in [-0.15, -0.1) is 0 Å². The Labute approximate surface area is 147 Å². The van der Waals surface area contributed by atoms with E-state index in [0.717, 1.165) is 11.1 Å². The lowest BCUT2D eigenvalue weighted by atomic mass is 10.00. The Kier molecular flexibility index (Phi) is 3.75. The molecule has 2 unspecified atom stereocenters. The molecule has 1 amide bonds. The maximum absolute atomic E-state index is 12.3. The standard InChI is InChI=1S/C17H11Cl2N3O2/c18-11-5-1-9(2-6-11)13-14-15(24-22-13)17(23)21-16(20-14)10-3-7-12(19)8-4-10/h1-8,15-16H,(H,21,23). The third kappa shape index (κ3) is 2.66. The number of rotatable bonds is 2.